The molecular weight excluding hydrogens is 740 g/mol. The minimum absolute atomic E-state index is 0.00644. The van der Waals surface area contributed by atoms with Crippen LogP contribution < -0.4 is 15.4 Å². The van der Waals surface area contributed by atoms with Crippen molar-refractivity contribution in [3.63, 3.8) is 0 Å². The van der Waals surface area contributed by atoms with E-state index < -0.39 is 71.7 Å². The molecule has 0 saturated carbocycles. The lowest BCUT2D eigenvalue weighted by atomic mass is 10.1. The number of nitro benzene ring substituents is 2. The zero-order valence-electron chi connectivity index (χ0n) is 32.3. The maximum Gasteiger partial charge on any atom is 0.408 e. The number of ether oxygens (including phenoxy) is 3. The summed E-state index contributed by atoms with van der Waals surface area (Å²) in [5.41, 5.74) is -2.19. The average Bonchev–Trinajstić information content (AvgIpc) is 2.95. The Bertz CT molecular complexity index is 1620. The molecule has 300 valence electrons. The fourth-order valence-corrected chi connectivity index (χ4v) is 4.97. The molecule has 2 atom stereocenters. The molecule has 0 saturated heterocycles. The summed E-state index contributed by atoms with van der Waals surface area (Å²) in [7, 11) is -2.40. The van der Waals surface area contributed by atoms with Crippen molar-refractivity contribution in [2.24, 2.45) is 0 Å². The first-order valence-electron chi connectivity index (χ1n) is 16.0. The van der Waals surface area contributed by atoms with E-state index in [1.807, 2.05) is 0 Å². The maximum atomic E-state index is 13.0. The van der Waals surface area contributed by atoms with Gasteiger partial charge in [0.15, 0.2) is 0 Å². The quantitative estimate of drug-likeness (QED) is 0.165. The van der Waals surface area contributed by atoms with E-state index in [0.717, 1.165) is 18.2 Å². The van der Waals surface area contributed by atoms with Gasteiger partial charge in [0, 0.05) is 69.5 Å². The van der Waals surface area contributed by atoms with E-state index in [-0.39, 0.29) is 41.7 Å². The van der Waals surface area contributed by atoms with Gasteiger partial charge in [0.2, 0.25) is 0 Å². The molecule has 0 heterocycles. The van der Waals surface area contributed by atoms with Gasteiger partial charge >= 0.3 is 12.2 Å². The largest absolute Gasteiger partial charge is 0.491 e. The lowest BCUT2D eigenvalue weighted by molar-refractivity contribution is -0.385. The monoisotopic (exact) mass is 792 g/mol. The van der Waals surface area contributed by atoms with Crippen LogP contribution in [0.15, 0.2) is 36.4 Å². The molecule has 2 aromatic carbocycles. The van der Waals surface area contributed by atoms with Crippen molar-refractivity contribution in [2.45, 2.75) is 103 Å². The Kier molecular flexibility index (Phi) is 19.2. The van der Waals surface area contributed by atoms with E-state index in [4.69, 9.17) is 19.3 Å². The molecule has 0 bridgehead atoms. The third kappa shape index (κ3) is 22.4. The number of aliphatic hydroxyl groups is 1. The van der Waals surface area contributed by atoms with Crippen LogP contribution in [0.2, 0.25) is 0 Å². The van der Waals surface area contributed by atoms with Crippen LogP contribution in [-0.4, -0.2) is 83.6 Å². The number of carbonyl (C=O) groups excluding carboxylic acids is 2. The number of non-ortho nitro benzene ring substituents is 2. The molecule has 2 unspecified atom stereocenters. The molecule has 2 aromatic rings. The lowest BCUT2D eigenvalue weighted by Crippen LogP contribution is -2.49. The molecule has 2 amide bonds. The number of nitro groups is 2. The number of aliphatic hydroxyl groups excluding tert-OH is 1. The summed E-state index contributed by atoms with van der Waals surface area (Å²) >= 11 is 0. The minimum Gasteiger partial charge on any atom is -0.491 e. The summed E-state index contributed by atoms with van der Waals surface area (Å²) in [5.74, 6) is -0.0413. The number of hydrogen-bond acceptors (Lipinski definition) is 12. The molecule has 0 aromatic heterocycles. The van der Waals surface area contributed by atoms with Crippen molar-refractivity contribution in [3.05, 3.63) is 73.6 Å². The zero-order valence-corrected chi connectivity index (χ0v) is 34.0. The number of carbonyl (C=O) groups is 2. The van der Waals surface area contributed by atoms with Crippen molar-refractivity contribution in [2.75, 3.05) is 25.7 Å². The third-order valence-electron chi connectivity index (χ3n) is 5.88. The molecule has 0 radical (unpaired) electrons. The first-order chi connectivity index (χ1) is 24.0. The normalized spacial score (nSPS) is 12.7. The second-order valence-electron chi connectivity index (χ2n) is 15.0. The first kappa shape index (κ1) is 48.8. The summed E-state index contributed by atoms with van der Waals surface area (Å²) in [6.07, 6.45) is 1.85. The second-order valence-corrected chi connectivity index (χ2v) is 17.9. The number of nitrogens with one attached hydrogen (secondary N) is 2. The second kappa shape index (κ2) is 20.9. The highest BCUT2D eigenvalue weighted by Gasteiger charge is 2.26. The Morgan fingerprint density at radius 2 is 1.13 bits per heavy atom. The Morgan fingerprint density at radius 3 is 1.53 bits per heavy atom. The predicted molar refractivity (Wildman–Crippen MR) is 201 cm³/mol. The maximum absolute atomic E-state index is 13.0. The SMILES string of the molecule is CC(C)(CO)NC(=O)OC(C)(C)C.CS(=O)Cc1cc([N+](=O)[O-])ccc1F.CS(=O)Cc1cc([N+](=O)[O-])ccc1OCC(C)(C)NC(=O)OC(C)(C)C. The number of alkyl carbamates (subject to hydrolysis) is 2. The van der Waals surface area contributed by atoms with E-state index >= 15 is 0 Å². The van der Waals surface area contributed by atoms with E-state index in [2.05, 4.69) is 10.6 Å². The first-order valence-corrected chi connectivity index (χ1v) is 19.5. The highest BCUT2D eigenvalue weighted by Crippen LogP contribution is 2.26. The van der Waals surface area contributed by atoms with Crippen molar-refractivity contribution < 1.29 is 51.6 Å². The van der Waals surface area contributed by atoms with Crippen LogP contribution in [0, 0.1) is 26.0 Å². The number of rotatable bonds is 12. The molecular formula is C34H53FN4O12S2. The average molecular weight is 793 g/mol. The van der Waals surface area contributed by atoms with E-state index in [1.165, 1.54) is 30.7 Å². The van der Waals surface area contributed by atoms with Gasteiger partial charge < -0.3 is 30.0 Å². The van der Waals surface area contributed by atoms with Crippen LogP contribution in [0.1, 0.15) is 80.4 Å². The molecule has 0 aliphatic carbocycles. The van der Waals surface area contributed by atoms with Crippen LogP contribution in [0.25, 0.3) is 0 Å². The molecule has 16 nitrogen and oxygen atoms in total. The van der Waals surface area contributed by atoms with Gasteiger partial charge in [0.1, 0.15) is 29.4 Å². The zero-order chi connectivity index (χ0) is 41.5. The summed E-state index contributed by atoms with van der Waals surface area (Å²) in [4.78, 5) is 43.3. The smallest absolute Gasteiger partial charge is 0.408 e. The van der Waals surface area contributed by atoms with Gasteiger partial charge in [0.05, 0.1) is 39.0 Å². The van der Waals surface area contributed by atoms with E-state index in [1.54, 1.807) is 69.2 Å². The molecule has 0 fully saturated rings. The molecule has 53 heavy (non-hydrogen) atoms. The van der Waals surface area contributed by atoms with Gasteiger partial charge in [-0.2, -0.15) is 0 Å². The molecule has 19 heteroatoms. The lowest BCUT2D eigenvalue weighted by Gasteiger charge is -2.28. The number of benzene rings is 2. The number of hydrogen-bond donors (Lipinski definition) is 3. The third-order valence-corrected chi connectivity index (χ3v) is 7.31. The van der Waals surface area contributed by atoms with Gasteiger partial charge in [0.25, 0.3) is 11.4 Å². The minimum atomic E-state index is -1.21. The van der Waals surface area contributed by atoms with Crippen LogP contribution >= 0.6 is 0 Å². The van der Waals surface area contributed by atoms with Crippen molar-refractivity contribution in [3.8, 4) is 5.75 Å². The number of halogens is 1. The van der Waals surface area contributed by atoms with Crippen molar-refractivity contribution in [1.82, 2.24) is 10.6 Å². The van der Waals surface area contributed by atoms with Crippen LogP contribution in [0.3, 0.4) is 0 Å². The standard InChI is InChI=1S/C17H26N2O6S.C9H19NO3.C8H8FNO3S/c1-16(2,3)25-15(20)18-17(4,5)11-24-14-8-7-13(19(21)22)9-12(14)10-26(6)23;1-8(2,3)13-7(12)10-9(4,5)6-11;1-14(13)5-6-4-7(10(11)12)2-3-8(6)9/h7-9H,10-11H2,1-6H3,(H,18,20);11H,6H2,1-5H3,(H,10,12);2-4H,5H2,1H3. The van der Waals surface area contributed by atoms with E-state index in [0.29, 0.717) is 11.3 Å². The Morgan fingerprint density at radius 1 is 0.736 bits per heavy atom. The highest BCUT2D eigenvalue weighted by atomic mass is 32.2. The summed E-state index contributed by atoms with van der Waals surface area (Å²) in [5, 5.41) is 35.4. The van der Waals surface area contributed by atoms with Gasteiger partial charge in [-0.05, 0) is 81.4 Å². The fraction of sp³-hybridized carbons (Fsp3) is 0.588. The Balaban J connectivity index is 0.000000843. The summed E-state index contributed by atoms with van der Waals surface area (Å²) in [6, 6.07) is 7.36. The molecule has 2 rings (SSSR count). The fourth-order valence-electron chi connectivity index (χ4n) is 3.65. The number of amides is 2. The van der Waals surface area contributed by atoms with Gasteiger partial charge in [-0.25, -0.2) is 14.0 Å². The number of nitrogens with zero attached hydrogens (tertiary/aromatic N) is 2. The van der Waals surface area contributed by atoms with Crippen LogP contribution in [-0.2, 0) is 42.6 Å². The predicted octanol–water partition coefficient (Wildman–Crippen LogP) is 6.05. The van der Waals surface area contributed by atoms with Gasteiger partial charge in [-0.3, -0.25) is 28.6 Å². The summed E-state index contributed by atoms with van der Waals surface area (Å²) in [6.45, 7) is 17.6. The van der Waals surface area contributed by atoms with Crippen molar-refractivity contribution >= 4 is 45.2 Å². The van der Waals surface area contributed by atoms with Gasteiger partial charge in [-0.1, -0.05) is 0 Å². The van der Waals surface area contributed by atoms with Gasteiger partial charge in [-0.15, -0.1) is 0 Å². The topological polar surface area (TPSA) is 227 Å². The van der Waals surface area contributed by atoms with Crippen LogP contribution in [0.4, 0.5) is 25.4 Å². The van der Waals surface area contributed by atoms with Crippen molar-refractivity contribution in [1.29, 1.82) is 0 Å². The van der Waals surface area contributed by atoms with Crippen LogP contribution in [0.5, 0.6) is 5.75 Å². The molecule has 3 N–H and O–H groups in total. The van der Waals surface area contributed by atoms with E-state index in [9.17, 15) is 42.6 Å². The Labute approximate surface area is 314 Å². The molecule has 0 aliphatic heterocycles. The summed E-state index contributed by atoms with van der Waals surface area (Å²) < 4.78 is 51.4. The molecule has 0 aliphatic rings. The Hall–Kier alpha value is -4.23. The highest BCUT2D eigenvalue weighted by molar-refractivity contribution is 7.83. The molecule has 0 spiro atoms.